The van der Waals surface area contributed by atoms with Crippen molar-refractivity contribution in [2.24, 2.45) is 0 Å². The van der Waals surface area contributed by atoms with Crippen LogP contribution in [0.5, 0.6) is 0 Å². The predicted molar refractivity (Wildman–Crippen MR) is 90.0 cm³/mol. The highest BCUT2D eigenvalue weighted by atomic mass is 32.1. The van der Waals surface area contributed by atoms with Crippen LogP contribution in [0.2, 0.25) is 0 Å². The minimum Gasteiger partial charge on any atom is -0.478 e. The molecule has 0 bridgehead atoms. The third-order valence-corrected chi connectivity index (χ3v) is 3.63. The zero-order chi connectivity index (χ0) is 21.8. The Hall–Kier alpha value is -3.61. The maximum atomic E-state index is 12.3. The minimum absolute atomic E-state index is 0.157. The second kappa shape index (κ2) is 8.85. The van der Waals surface area contributed by atoms with Crippen molar-refractivity contribution in [3.05, 3.63) is 33.4 Å². The Balaban J connectivity index is 4.22. The maximum absolute atomic E-state index is 12.3. The van der Waals surface area contributed by atoms with E-state index in [4.69, 9.17) is 0 Å². The van der Waals surface area contributed by atoms with Gasteiger partial charge in [-0.3, -0.25) is 0 Å². The van der Waals surface area contributed by atoms with Crippen LogP contribution in [0.1, 0.15) is 68.6 Å². The molecule has 13 heteroatoms. The molecule has 150 valence electrons. The molecular formula is C15H12O12S. The Morgan fingerprint density at radius 1 is 0.607 bits per heavy atom. The molecule has 0 heterocycles. The lowest BCUT2D eigenvalue weighted by Gasteiger charge is -2.17. The minimum atomic E-state index is -2.21. The second-order valence-electron chi connectivity index (χ2n) is 4.99. The van der Waals surface area contributed by atoms with Crippen molar-refractivity contribution in [1.29, 1.82) is 0 Å². The molecule has 0 spiro atoms. The van der Waals surface area contributed by atoms with Crippen molar-refractivity contribution in [2.45, 2.75) is 6.42 Å². The van der Waals surface area contributed by atoms with Crippen LogP contribution in [0, 0.1) is 0 Å². The molecule has 0 radical (unpaired) electrons. The van der Waals surface area contributed by atoms with E-state index in [1.807, 2.05) is 0 Å². The standard InChI is InChI=1S/C15H12O12S/c16-10(17)4-5(11(18)19)7(13(22)23)9(15(26)27-2-1-3-28)8(14(24)25)6(4)12(20)21/h28H,1-3H2,(H,16,17)(H,18,19)(H,20,21)(H,22,23)(H,24,25). The van der Waals surface area contributed by atoms with Crippen LogP contribution in [0.15, 0.2) is 0 Å². The molecule has 0 aliphatic carbocycles. The van der Waals surface area contributed by atoms with Crippen molar-refractivity contribution < 1.29 is 59.0 Å². The van der Waals surface area contributed by atoms with E-state index in [1.165, 1.54) is 0 Å². The Kier molecular flexibility index (Phi) is 7.09. The van der Waals surface area contributed by atoms with Crippen LogP contribution < -0.4 is 0 Å². The molecule has 0 saturated carbocycles. The maximum Gasteiger partial charge on any atom is 0.339 e. The molecule has 0 fully saturated rings. The van der Waals surface area contributed by atoms with Gasteiger partial charge in [0.15, 0.2) is 0 Å². The first-order chi connectivity index (χ1) is 13.0. The van der Waals surface area contributed by atoms with Crippen LogP contribution in [-0.2, 0) is 4.74 Å². The van der Waals surface area contributed by atoms with Gasteiger partial charge >= 0.3 is 35.8 Å². The van der Waals surface area contributed by atoms with E-state index < -0.39 is 69.2 Å². The van der Waals surface area contributed by atoms with Gasteiger partial charge in [0, 0.05) is 0 Å². The highest BCUT2D eigenvalue weighted by Gasteiger charge is 2.40. The fourth-order valence-electron chi connectivity index (χ4n) is 2.33. The lowest BCUT2D eigenvalue weighted by molar-refractivity contribution is 0.0482. The van der Waals surface area contributed by atoms with Crippen molar-refractivity contribution in [1.82, 2.24) is 0 Å². The first kappa shape index (κ1) is 22.4. The van der Waals surface area contributed by atoms with Gasteiger partial charge in [0.2, 0.25) is 0 Å². The molecule has 1 aromatic carbocycles. The molecule has 0 atom stereocenters. The molecule has 28 heavy (non-hydrogen) atoms. The second-order valence-corrected chi connectivity index (χ2v) is 5.44. The quantitative estimate of drug-likeness (QED) is 0.186. The molecule has 0 unspecified atom stereocenters. The Bertz CT molecular complexity index is 848. The first-order valence-electron chi connectivity index (χ1n) is 7.15. The zero-order valence-electron chi connectivity index (χ0n) is 13.7. The molecule has 0 aliphatic heterocycles. The molecule has 5 N–H and O–H groups in total. The van der Waals surface area contributed by atoms with E-state index in [0.717, 1.165) is 0 Å². The summed E-state index contributed by atoms with van der Waals surface area (Å²) in [7, 11) is 0. The third-order valence-electron chi connectivity index (χ3n) is 3.31. The van der Waals surface area contributed by atoms with Gasteiger partial charge in [0.05, 0.1) is 40.0 Å². The summed E-state index contributed by atoms with van der Waals surface area (Å²) in [4.78, 5) is 70.0. The fourth-order valence-corrected chi connectivity index (χ4v) is 2.45. The number of ether oxygens (including phenoxy) is 1. The highest BCUT2D eigenvalue weighted by molar-refractivity contribution is 7.80. The van der Waals surface area contributed by atoms with Gasteiger partial charge in [0.25, 0.3) is 0 Å². The Labute approximate surface area is 160 Å². The SMILES string of the molecule is O=C(O)c1c(C(=O)O)c(C(=O)O)c(C(=O)OCCCS)c(C(=O)O)c1C(=O)O. The van der Waals surface area contributed by atoms with Gasteiger partial charge in [-0.1, -0.05) is 0 Å². The Morgan fingerprint density at radius 3 is 1.14 bits per heavy atom. The number of esters is 1. The number of carbonyl (C=O) groups is 6. The average molecular weight is 416 g/mol. The summed E-state index contributed by atoms with van der Waals surface area (Å²) in [6.45, 7) is -0.369. The summed E-state index contributed by atoms with van der Waals surface area (Å²) >= 11 is 3.84. The largest absolute Gasteiger partial charge is 0.478 e. The molecular weight excluding hydrogens is 404 g/mol. The molecule has 0 aromatic heterocycles. The van der Waals surface area contributed by atoms with E-state index in [2.05, 4.69) is 17.4 Å². The monoisotopic (exact) mass is 416 g/mol. The average Bonchev–Trinajstić information content (AvgIpc) is 2.58. The topological polar surface area (TPSA) is 213 Å². The summed E-state index contributed by atoms with van der Waals surface area (Å²) in [6.07, 6.45) is 0.157. The summed E-state index contributed by atoms with van der Waals surface area (Å²) in [5.41, 5.74) is -9.14. The number of hydrogen-bond acceptors (Lipinski definition) is 8. The van der Waals surface area contributed by atoms with Crippen LogP contribution in [0.4, 0.5) is 0 Å². The summed E-state index contributed by atoms with van der Waals surface area (Å²) < 4.78 is 4.67. The van der Waals surface area contributed by atoms with Crippen LogP contribution in [0.3, 0.4) is 0 Å². The summed E-state index contributed by atoms with van der Waals surface area (Å²) in [5.74, 6) is -12.4. The summed E-state index contributed by atoms with van der Waals surface area (Å²) in [5, 5.41) is 46.4. The number of carboxylic acid groups (broad SMARTS) is 5. The number of thiol groups is 1. The van der Waals surface area contributed by atoms with Gasteiger partial charge in [-0.05, 0) is 12.2 Å². The van der Waals surface area contributed by atoms with Gasteiger partial charge in [0.1, 0.15) is 0 Å². The first-order valence-corrected chi connectivity index (χ1v) is 7.78. The molecule has 0 aliphatic rings. The molecule has 12 nitrogen and oxygen atoms in total. The third kappa shape index (κ3) is 4.20. The van der Waals surface area contributed by atoms with E-state index >= 15 is 0 Å². The van der Waals surface area contributed by atoms with Crippen molar-refractivity contribution in [3.63, 3.8) is 0 Å². The number of benzene rings is 1. The van der Waals surface area contributed by atoms with E-state index in [-0.39, 0.29) is 18.8 Å². The van der Waals surface area contributed by atoms with Gasteiger partial charge in [-0.15, -0.1) is 0 Å². The molecule has 0 saturated heterocycles. The number of carbonyl (C=O) groups excluding carboxylic acids is 1. The molecule has 0 amide bonds. The highest BCUT2D eigenvalue weighted by Crippen LogP contribution is 2.30. The lowest BCUT2D eigenvalue weighted by atomic mass is 9.86. The van der Waals surface area contributed by atoms with Gasteiger partial charge in [-0.2, -0.15) is 12.6 Å². The lowest BCUT2D eigenvalue weighted by Crippen LogP contribution is -2.28. The van der Waals surface area contributed by atoms with Gasteiger partial charge < -0.3 is 30.3 Å². The predicted octanol–water partition coefficient (Wildman–Crippen LogP) is 0.654. The number of aromatic carboxylic acids is 5. The van der Waals surface area contributed by atoms with Crippen LogP contribution in [0.25, 0.3) is 0 Å². The van der Waals surface area contributed by atoms with Crippen molar-refractivity contribution in [2.75, 3.05) is 12.4 Å². The number of rotatable bonds is 9. The van der Waals surface area contributed by atoms with E-state index in [0.29, 0.717) is 0 Å². The normalized spacial score (nSPS) is 10.2. The molecule has 1 rings (SSSR count). The van der Waals surface area contributed by atoms with E-state index in [9.17, 15) is 54.3 Å². The van der Waals surface area contributed by atoms with Crippen molar-refractivity contribution >= 4 is 48.4 Å². The van der Waals surface area contributed by atoms with E-state index in [1.54, 1.807) is 0 Å². The molecule has 1 aromatic rings. The van der Waals surface area contributed by atoms with Crippen LogP contribution >= 0.6 is 12.6 Å². The summed E-state index contributed by atoms with van der Waals surface area (Å²) in [6, 6.07) is 0. The van der Waals surface area contributed by atoms with Gasteiger partial charge in [-0.25, -0.2) is 28.8 Å². The Morgan fingerprint density at radius 2 is 0.893 bits per heavy atom. The zero-order valence-corrected chi connectivity index (χ0v) is 14.6. The smallest absolute Gasteiger partial charge is 0.339 e. The van der Waals surface area contributed by atoms with Crippen LogP contribution in [-0.4, -0.2) is 73.7 Å². The number of carboxylic acids is 5. The fraction of sp³-hybridized carbons (Fsp3) is 0.200. The van der Waals surface area contributed by atoms with Crippen molar-refractivity contribution in [3.8, 4) is 0 Å². The number of hydrogen-bond donors (Lipinski definition) is 6.